The van der Waals surface area contributed by atoms with E-state index in [9.17, 15) is 4.79 Å². The highest BCUT2D eigenvalue weighted by Crippen LogP contribution is 2.07. The number of carbonyl (C=O) groups is 1. The summed E-state index contributed by atoms with van der Waals surface area (Å²) in [6, 6.07) is 7.60. The fourth-order valence-electron chi connectivity index (χ4n) is 1.43. The molecule has 0 fully saturated rings. The van der Waals surface area contributed by atoms with Crippen LogP contribution >= 0.6 is 0 Å². The molecule has 1 heterocycles. The summed E-state index contributed by atoms with van der Waals surface area (Å²) in [5.74, 6) is -0.219. The molecule has 5 nitrogen and oxygen atoms in total. The van der Waals surface area contributed by atoms with Gasteiger partial charge in [-0.15, -0.1) is 0 Å². The van der Waals surface area contributed by atoms with Gasteiger partial charge in [0.05, 0.1) is 19.6 Å². The van der Waals surface area contributed by atoms with E-state index in [1.807, 2.05) is 24.3 Å². The molecule has 0 radical (unpaired) electrons. The molecular weight excluding hydrogens is 206 g/mol. The van der Waals surface area contributed by atoms with Crippen molar-refractivity contribution < 1.29 is 9.53 Å². The molecule has 16 heavy (non-hydrogen) atoms. The molecule has 0 N–H and O–H groups in total. The Hall–Kier alpha value is -1.91. The number of hydrogen-bond donors (Lipinski definition) is 0. The quantitative estimate of drug-likeness (QED) is 0.729. The van der Waals surface area contributed by atoms with Gasteiger partial charge in [-0.3, -0.25) is 4.79 Å². The lowest BCUT2D eigenvalue weighted by atomic mass is 10.3. The van der Waals surface area contributed by atoms with E-state index in [2.05, 4.69) is 10.2 Å². The van der Waals surface area contributed by atoms with E-state index < -0.39 is 0 Å². The van der Waals surface area contributed by atoms with Crippen LogP contribution in [0.25, 0.3) is 11.0 Å². The molecule has 1 aromatic carbocycles. The molecule has 84 valence electrons. The fourth-order valence-corrected chi connectivity index (χ4v) is 1.43. The van der Waals surface area contributed by atoms with E-state index in [4.69, 9.17) is 4.74 Å². The minimum absolute atomic E-state index is 0.219. The van der Waals surface area contributed by atoms with Crippen molar-refractivity contribution in [2.24, 2.45) is 0 Å². The van der Waals surface area contributed by atoms with Crippen LogP contribution in [-0.4, -0.2) is 27.6 Å². The normalized spacial score (nSPS) is 10.6. The predicted octanol–water partition coefficient (Wildman–Crippen LogP) is 1.38. The maximum absolute atomic E-state index is 11.1. The zero-order valence-corrected chi connectivity index (χ0v) is 9.09. The number of nitrogens with zero attached hydrogens (tertiary/aromatic N) is 3. The van der Waals surface area contributed by atoms with Gasteiger partial charge in [0, 0.05) is 0 Å². The Morgan fingerprint density at radius 2 is 1.94 bits per heavy atom. The van der Waals surface area contributed by atoms with Crippen molar-refractivity contribution in [3.63, 3.8) is 0 Å². The standard InChI is InChI=1S/C11H13N3O2/c1-2-16-11(15)7-8-14-12-9-5-3-4-6-10(9)13-14/h3-6H,2,7-8H2,1H3. The van der Waals surface area contributed by atoms with Gasteiger partial charge in [0.15, 0.2) is 0 Å². The first-order chi connectivity index (χ1) is 7.79. The molecular formula is C11H13N3O2. The number of carbonyl (C=O) groups excluding carboxylic acids is 1. The van der Waals surface area contributed by atoms with E-state index in [-0.39, 0.29) is 5.97 Å². The summed E-state index contributed by atoms with van der Waals surface area (Å²) in [7, 11) is 0. The molecule has 0 bridgehead atoms. The zero-order valence-electron chi connectivity index (χ0n) is 9.09. The van der Waals surface area contributed by atoms with Gasteiger partial charge in [-0.25, -0.2) is 0 Å². The molecule has 0 aliphatic rings. The molecule has 0 aliphatic carbocycles. The van der Waals surface area contributed by atoms with Crippen molar-refractivity contribution in [1.29, 1.82) is 0 Å². The van der Waals surface area contributed by atoms with E-state index in [0.29, 0.717) is 19.6 Å². The number of rotatable bonds is 4. The van der Waals surface area contributed by atoms with Crippen molar-refractivity contribution in [2.45, 2.75) is 19.9 Å². The van der Waals surface area contributed by atoms with Crippen LogP contribution < -0.4 is 0 Å². The third-order valence-corrected chi connectivity index (χ3v) is 2.15. The monoisotopic (exact) mass is 219 g/mol. The SMILES string of the molecule is CCOC(=O)CCn1nc2ccccc2n1. The van der Waals surface area contributed by atoms with Crippen LogP contribution in [0.4, 0.5) is 0 Å². The highest BCUT2D eigenvalue weighted by Gasteiger charge is 2.05. The number of ether oxygens (including phenoxy) is 1. The van der Waals surface area contributed by atoms with E-state index in [1.54, 1.807) is 6.92 Å². The van der Waals surface area contributed by atoms with Crippen molar-refractivity contribution in [1.82, 2.24) is 15.0 Å². The molecule has 0 saturated heterocycles. The van der Waals surface area contributed by atoms with Crippen molar-refractivity contribution >= 4 is 17.0 Å². The minimum Gasteiger partial charge on any atom is -0.466 e. The third kappa shape index (κ3) is 2.36. The molecule has 0 spiro atoms. The summed E-state index contributed by atoms with van der Waals surface area (Å²) in [6.07, 6.45) is 0.300. The summed E-state index contributed by atoms with van der Waals surface area (Å²) in [4.78, 5) is 12.7. The zero-order chi connectivity index (χ0) is 11.4. The van der Waals surface area contributed by atoms with Gasteiger partial charge in [-0.2, -0.15) is 15.0 Å². The van der Waals surface area contributed by atoms with Crippen molar-refractivity contribution in [2.75, 3.05) is 6.61 Å². The maximum atomic E-state index is 11.1. The highest BCUT2D eigenvalue weighted by molar-refractivity contribution is 5.73. The van der Waals surface area contributed by atoms with Crippen molar-refractivity contribution in [3.8, 4) is 0 Å². The predicted molar refractivity (Wildman–Crippen MR) is 58.8 cm³/mol. The lowest BCUT2D eigenvalue weighted by molar-refractivity contribution is -0.143. The topological polar surface area (TPSA) is 57.0 Å². The largest absolute Gasteiger partial charge is 0.466 e. The summed E-state index contributed by atoms with van der Waals surface area (Å²) >= 11 is 0. The number of benzene rings is 1. The average molecular weight is 219 g/mol. The molecule has 0 aliphatic heterocycles. The second-order valence-corrected chi connectivity index (χ2v) is 3.34. The second-order valence-electron chi connectivity index (χ2n) is 3.34. The fraction of sp³-hybridized carbons (Fsp3) is 0.364. The minimum atomic E-state index is -0.219. The Kier molecular flexibility index (Phi) is 3.14. The van der Waals surface area contributed by atoms with Gasteiger partial charge < -0.3 is 4.74 Å². The number of aromatic nitrogens is 3. The van der Waals surface area contributed by atoms with Gasteiger partial charge in [0.2, 0.25) is 0 Å². The van der Waals surface area contributed by atoms with E-state index in [0.717, 1.165) is 11.0 Å². The van der Waals surface area contributed by atoms with Gasteiger partial charge in [-0.05, 0) is 19.1 Å². The first-order valence-corrected chi connectivity index (χ1v) is 5.25. The van der Waals surface area contributed by atoms with Crippen LogP contribution in [0.15, 0.2) is 24.3 Å². The van der Waals surface area contributed by atoms with Crippen molar-refractivity contribution in [3.05, 3.63) is 24.3 Å². The molecule has 0 unspecified atom stereocenters. The molecule has 2 aromatic rings. The smallest absolute Gasteiger partial charge is 0.307 e. The number of hydrogen-bond acceptors (Lipinski definition) is 4. The molecule has 0 saturated carbocycles. The van der Waals surface area contributed by atoms with Crippen LogP contribution in [0, 0.1) is 0 Å². The van der Waals surface area contributed by atoms with Crippen LogP contribution in [-0.2, 0) is 16.1 Å². The Bertz CT molecular complexity index is 460. The lowest BCUT2D eigenvalue weighted by Crippen LogP contribution is -2.10. The van der Waals surface area contributed by atoms with Gasteiger partial charge in [-0.1, -0.05) is 12.1 Å². The Morgan fingerprint density at radius 3 is 2.50 bits per heavy atom. The summed E-state index contributed by atoms with van der Waals surface area (Å²) in [5.41, 5.74) is 1.68. The van der Waals surface area contributed by atoms with Gasteiger partial charge in [0.25, 0.3) is 0 Å². The molecule has 0 amide bonds. The van der Waals surface area contributed by atoms with E-state index >= 15 is 0 Å². The summed E-state index contributed by atoms with van der Waals surface area (Å²) < 4.78 is 4.83. The van der Waals surface area contributed by atoms with Crippen LogP contribution in [0.1, 0.15) is 13.3 Å². The third-order valence-electron chi connectivity index (χ3n) is 2.15. The maximum Gasteiger partial charge on any atom is 0.307 e. The molecule has 2 rings (SSSR count). The molecule has 0 atom stereocenters. The first-order valence-electron chi connectivity index (χ1n) is 5.25. The Labute approximate surface area is 93.0 Å². The van der Waals surface area contributed by atoms with Gasteiger partial charge in [0.1, 0.15) is 11.0 Å². The average Bonchev–Trinajstić information content (AvgIpc) is 2.69. The molecule has 5 heteroatoms. The van der Waals surface area contributed by atoms with Crippen LogP contribution in [0.2, 0.25) is 0 Å². The summed E-state index contributed by atoms with van der Waals surface area (Å²) in [6.45, 7) is 2.65. The first kappa shape index (κ1) is 10.6. The number of fused-ring (bicyclic) bond motifs is 1. The summed E-state index contributed by atoms with van der Waals surface area (Å²) in [5, 5.41) is 8.49. The van der Waals surface area contributed by atoms with Crippen LogP contribution in [0.3, 0.4) is 0 Å². The molecule has 1 aromatic heterocycles. The van der Waals surface area contributed by atoms with E-state index in [1.165, 1.54) is 4.80 Å². The Balaban J connectivity index is 2.02. The lowest BCUT2D eigenvalue weighted by Gasteiger charge is -2.00. The Morgan fingerprint density at radius 1 is 1.31 bits per heavy atom. The second kappa shape index (κ2) is 4.74. The number of esters is 1. The highest BCUT2D eigenvalue weighted by atomic mass is 16.5. The number of aryl methyl sites for hydroxylation is 1. The van der Waals surface area contributed by atoms with Gasteiger partial charge >= 0.3 is 5.97 Å². The van der Waals surface area contributed by atoms with Crippen LogP contribution in [0.5, 0.6) is 0 Å².